The lowest BCUT2D eigenvalue weighted by Gasteiger charge is -2.18. The molecule has 0 aliphatic rings. The number of rotatable bonds is 4. The van der Waals surface area contributed by atoms with Crippen molar-refractivity contribution in [2.75, 3.05) is 0 Å². The van der Waals surface area contributed by atoms with Gasteiger partial charge in [0.1, 0.15) is 23.3 Å². The van der Waals surface area contributed by atoms with Crippen molar-refractivity contribution in [3.8, 4) is 0 Å². The number of nitrogens with two attached hydrogens (primary N) is 1. The van der Waals surface area contributed by atoms with Gasteiger partial charge in [0.2, 0.25) is 0 Å². The zero-order chi connectivity index (χ0) is 14.7. The van der Waals surface area contributed by atoms with E-state index in [4.69, 9.17) is 5.84 Å². The molecule has 0 heterocycles. The van der Waals surface area contributed by atoms with Gasteiger partial charge in [-0.3, -0.25) is 11.3 Å². The topological polar surface area (TPSA) is 38.0 Å². The van der Waals surface area contributed by atoms with Gasteiger partial charge < -0.3 is 0 Å². The van der Waals surface area contributed by atoms with E-state index in [1.54, 1.807) is 0 Å². The predicted octanol–water partition coefficient (Wildman–Crippen LogP) is 2.99. The molecule has 106 valence electrons. The molecule has 3 N–H and O–H groups in total. The smallest absolute Gasteiger partial charge is 0.130 e. The lowest BCUT2D eigenvalue weighted by molar-refractivity contribution is 0.471. The molecule has 0 saturated heterocycles. The molecule has 0 bridgehead atoms. The molecule has 2 rings (SSSR count). The van der Waals surface area contributed by atoms with Crippen LogP contribution in [0.1, 0.15) is 17.2 Å². The average Bonchev–Trinajstić information content (AvgIpc) is 2.36. The first-order valence-electron chi connectivity index (χ1n) is 5.86. The van der Waals surface area contributed by atoms with E-state index in [9.17, 15) is 17.6 Å². The quantitative estimate of drug-likeness (QED) is 0.514. The zero-order valence-electron chi connectivity index (χ0n) is 10.3. The molecule has 0 radical (unpaired) electrons. The van der Waals surface area contributed by atoms with Crippen LogP contribution in [0.4, 0.5) is 17.6 Å². The van der Waals surface area contributed by atoms with Crippen molar-refractivity contribution < 1.29 is 17.6 Å². The molecule has 20 heavy (non-hydrogen) atoms. The molecule has 0 fully saturated rings. The number of halogens is 4. The highest BCUT2D eigenvalue weighted by molar-refractivity contribution is 5.27. The molecule has 0 spiro atoms. The number of hydrazine groups is 1. The Labute approximate surface area is 113 Å². The summed E-state index contributed by atoms with van der Waals surface area (Å²) in [5.74, 6) is 2.23. The molecule has 0 aliphatic heterocycles. The SMILES string of the molecule is NNC(Cc1cc(F)cc(F)c1)c1c(F)cccc1F. The van der Waals surface area contributed by atoms with E-state index in [0.29, 0.717) is 0 Å². The highest BCUT2D eigenvalue weighted by Crippen LogP contribution is 2.24. The maximum Gasteiger partial charge on any atom is 0.130 e. The number of hydrogen-bond donors (Lipinski definition) is 2. The Kier molecular flexibility index (Phi) is 4.36. The van der Waals surface area contributed by atoms with Crippen molar-refractivity contribution in [3.05, 3.63) is 70.8 Å². The molecule has 0 aliphatic carbocycles. The molecule has 1 unspecified atom stereocenters. The van der Waals surface area contributed by atoms with Gasteiger partial charge in [0.05, 0.1) is 6.04 Å². The number of benzene rings is 2. The normalized spacial score (nSPS) is 12.4. The summed E-state index contributed by atoms with van der Waals surface area (Å²) in [6, 6.07) is 5.38. The Morgan fingerprint density at radius 2 is 1.50 bits per heavy atom. The number of nitrogens with one attached hydrogen (secondary N) is 1. The Morgan fingerprint density at radius 3 is 2.00 bits per heavy atom. The van der Waals surface area contributed by atoms with E-state index in [0.717, 1.165) is 30.3 Å². The molecule has 2 nitrogen and oxygen atoms in total. The lowest BCUT2D eigenvalue weighted by Crippen LogP contribution is -2.31. The van der Waals surface area contributed by atoms with Crippen LogP contribution in [0.3, 0.4) is 0 Å². The molecule has 0 aromatic heterocycles. The molecule has 1 atom stereocenters. The molecule has 2 aromatic rings. The van der Waals surface area contributed by atoms with Crippen molar-refractivity contribution in [1.29, 1.82) is 0 Å². The van der Waals surface area contributed by atoms with Crippen molar-refractivity contribution >= 4 is 0 Å². The van der Waals surface area contributed by atoms with E-state index >= 15 is 0 Å². The third kappa shape index (κ3) is 3.15. The monoisotopic (exact) mass is 284 g/mol. The second kappa shape index (κ2) is 6.02. The van der Waals surface area contributed by atoms with Crippen molar-refractivity contribution in [2.45, 2.75) is 12.5 Å². The van der Waals surface area contributed by atoms with Gasteiger partial charge in [-0.2, -0.15) is 0 Å². The van der Waals surface area contributed by atoms with Crippen LogP contribution in [0.25, 0.3) is 0 Å². The largest absolute Gasteiger partial charge is 0.271 e. The third-order valence-electron chi connectivity index (χ3n) is 2.91. The predicted molar refractivity (Wildman–Crippen MR) is 66.5 cm³/mol. The summed E-state index contributed by atoms with van der Waals surface area (Å²) in [6.45, 7) is 0. The van der Waals surface area contributed by atoms with Gasteiger partial charge in [-0.05, 0) is 36.2 Å². The standard InChI is InChI=1S/C14H12F4N2/c15-9-4-8(5-10(16)7-9)6-13(20-19)14-11(17)2-1-3-12(14)18/h1-5,7,13,20H,6,19H2. The fourth-order valence-corrected chi connectivity index (χ4v) is 2.05. The van der Waals surface area contributed by atoms with Crippen LogP contribution in [0.2, 0.25) is 0 Å². The first-order valence-corrected chi connectivity index (χ1v) is 5.86. The van der Waals surface area contributed by atoms with Crippen LogP contribution < -0.4 is 11.3 Å². The Bertz CT molecular complexity index is 576. The van der Waals surface area contributed by atoms with E-state index in [1.807, 2.05) is 0 Å². The molecule has 6 heteroatoms. The first-order chi connectivity index (χ1) is 9.51. The van der Waals surface area contributed by atoms with E-state index in [-0.39, 0.29) is 17.5 Å². The minimum atomic E-state index is -0.933. The van der Waals surface area contributed by atoms with Gasteiger partial charge in [0, 0.05) is 11.6 Å². The lowest BCUT2D eigenvalue weighted by atomic mass is 9.98. The van der Waals surface area contributed by atoms with Gasteiger partial charge >= 0.3 is 0 Å². The maximum atomic E-state index is 13.7. The van der Waals surface area contributed by atoms with Crippen molar-refractivity contribution in [2.24, 2.45) is 5.84 Å². The van der Waals surface area contributed by atoms with E-state index in [1.165, 1.54) is 6.07 Å². The zero-order valence-corrected chi connectivity index (χ0v) is 10.3. The third-order valence-corrected chi connectivity index (χ3v) is 2.91. The van der Waals surface area contributed by atoms with Gasteiger partial charge in [0.25, 0.3) is 0 Å². The average molecular weight is 284 g/mol. The fourth-order valence-electron chi connectivity index (χ4n) is 2.05. The highest BCUT2D eigenvalue weighted by atomic mass is 19.1. The number of hydrogen-bond acceptors (Lipinski definition) is 2. The molecule has 0 saturated carbocycles. The van der Waals surface area contributed by atoms with E-state index < -0.39 is 29.3 Å². The van der Waals surface area contributed by atoms with Gasteiger partial charge in [-0.25, -0.2) is 17.6 Å². The van der Waals surface area contributed by atoms with Crippen LogP contribution in [0.15, 0.2) is 36.4 Å². The summed E-state index contributed by atoms with van der Waals surface area (Å²) in [4.78, 5) is 0. The fraction of sp³-hybridized carbons (Fsp3) is 0.143. The van der Waals surface area contributed by atoms with Crippen LogP contribution >= 0.6 is 0 Å². The highest BCUT2D eigenvalue weighted by Gasteiger charge is 2.19. The van der Waals surface area contributed by atoms with Gasteiger partial charge in [-0.1, -0.05) is 6.07 Å². The second-order valence-electron chi connectivity index (χ2n) is 4.34. The van der Waals surface area contributed by atoms with Crippen LogP contribution in [-0.4, -0.2) is 0 Å². The Balaban J connectivity index is 2.34. The molecular formula is C14H12F4N2. The maximum absolute atomic E-state index is 13.7. The van der Waals surface area contributed by atoms with Crippen LogP contribution in [-0.2, 0) is 6.42 Å². The van der Waals surface area contributed by atoms with Crippen LogP contribution in [0.5, 0.6) is 0 Å². The van der Waals surface area contributed by atoms with Gasteiger partial charge in [-0.15, -0.1) is 0 Å². The summed E-state index contributed by atoms with van der Waals surface area (Å²) in [5.41, 5.74) is 2.24. The van der Waals surface area contributed by atoms with Crippen LogP contribution in [0, 0.1) is 23.3 Å². The summed E-state index contributed by atoms with van der Waals surface area (Å²) in [6.07, 6.45) is -0.0525. The van der Waals surface area contributed by atoms with E-state index in [2.05, 4.69) is 5.43 Å². The van der Waals surface area contributed by atoms with Crippen molar-refractivity contribution in [1.82, 2.24) is 5.43 Å². The minimum absolute atomic E-state index is 0.0525. The summed E-state index contributed by atoms with van der Waals surface area (Å²) >= 11 is 0. The summed E-state index contributed by atoms with van der Waals surface area (Å²) < 4.78 is 53.5. The first kappa shape index (κ1) is 14.5. The second-order valence-corrected chi connectivity index (χ2v) is 4.34. The molecular weight excluding hydrogens is 272 g/mol. The molecule has 0 amide bonds. The van der Waals surface area contributed by atoms with Crippen molar-refractivity contribution in [3.63, 3.8) is 0 Å². The summed E-state index contributed by atoms with van der Waals surface area (Å²) in [5, 5.41) is 0. The Hall–Kier alpha value is -1.92. The van der Waals surface area contributed by atoms with Gasteiger partial charge in [0.15, 0.2) is 0 Å². The minimum Gasteiger partial charge on any atom is -0.271 e. The summed E-state index contributed by atoms with van der Waals surface area (Å²) in [7, 11) is 0. The molecule has 2 aromatic carbocycles. The Morgan fingerprint density at radius 1 is 0.950 bits per heavy atom.